The number of fused-ring (bicyclic) bond motifs is 2. The molecular weight excluding hydrogens is 532 g/mol. The van der Waals surface area contributed by atoms with Crippen molar-refractivity contribution in [2.75, 3.05) is 0 Å². The van der Waals surface area contributed by atoms with Crippen LogP contribution in [-0.4, -0.2) is 43.3 Å². The van der Waals surface area contributed by atoms with Crippen molar-refractivity contribution in [2.24, 2.45) is 0 Å². The molecule has 0 radical (unpaired) electrons. The Labute approximate surface area is 230 Å². The fourth-order valence-corrected chi connectivity index (χ4v) is 5.55. The summed E-state index contributed by atoms with van der Waals surface area (Å²) in [6, 6.07) is 22.6. The van der Waals surface area contributed by atoms with Gasteiger partial charge in [-0.05, 0) is 12.1 Å². The van der Waals surface area contributed by atoms with Gasteiger partial charge in [0.15, 0.2) is 5.66 Å². The second-order valence-corrected chi connectivity index (χ2v) is 9.21. The van der Waals surface area contributed by atoms with Gasteiger partial charge in [0.25, 0.3) is 35.0 Å². The molecule has 4 aromatic carbocycles. The Hall–Kier alpha value is -6.04. The van der Waals surface area contributed by atoms with E-state index in [0.717, 1.165) is 12.1 Å². The molecule has 0 N–H and O–H groups in total. The summed E-state index contributed by atoms with van der Waals surface area (Å²) < 4.78 is 0. The lowest BCUT2D eigenvalue weighted by molar-refractivity contribution is -0.385. The highest BCUT2D eigenvalue weighted by molar-refractivity contribution is 6.27. The second-order valence-electron chi connectivity index (χ2n) is 9.21. The standard InChI is InChI=1S/C29H16N4O8/c34-25-19-13-7-15-21(32(38)39)23(19)27(36)30(25)29(17-9-3-1-4-10-17,18-11-5-2-6-12-18)31-26(35)20-14-8-16-22(33(40)41)24(20)28(31)37/h1-16H. The van der Waals surface area contributed by atoms with Gasteiger partial charge in [-0.15, -0.1) is 0 Å². The van der Waals surface area contributed by atoms with Gasteiger partial charge in [-0.25, -0.2) is 9.80 Å². The summed E-state index contributed by atoms with van der Waals surface area (Å²) in [4.78, 5) is 80.0. The molecule has 0 unspecified atom stereocenters. The molecule has 0 fully saturated rings. The van der Waals surface area contributed by atoms with Crippen molar-refractivity contribution in [3.05, 3.63) is 151 Å². The molecule has 4 amide bonds. The first-order valence-corrected chi connectivity index (χ1v) is 12.1. The zero-order chi connectivity index (χ0) is 29.1. The Morgan fingerprint density at radius 2 is 0.854 bits per heavy atom. The fraction of sp³-hybridized carbons (Fsp3) is 0.0345. The van der Waals surface area contributed by atoms with Crippen LogP contribution >= 0.6 is 0 Å². The molecule has 0 aliphatic carbocycles. The van der Waals surface area contributed by atoms with Gasteiger partial charge in [0, 0.05) is 23.3 Å². The summed E-state index contributed by atoms with van der Waals surface area (Å²) in [7, 11) is 0. The smallest absolute Gasteiger partial charge is 0.268 e. The van der Waals surface area contributed by atoms with E-state index < -0.39 is 61.6 Å². The molecule has 2 aliphatic rings. The maximum absolute atomic E-state index is 14.2. The largest absolute Gasteiger partial charge is 0.282 e. The molecule has 0 bridgehead atoms. The number of carbonyl (C=O) groups excluding carboxylic acids is 4. The second kappa shape index (κ2) is 9.02. The predicted octanol–water partition coefficient (Wildman–Crippen LogP) is 4.30. The van der Waals surface area contributed by atoms with Crippen LogP contribution in [0.3, 0.4) is 0 Å². The minimum absolute atomic E-state index is 0.112. The number of benzene rings is 4. The summed E-state index contributed by atoms with van der Waals surface area (Å²) in [5, 5.41) is 23.7. The van der Waals surface area contributed by atoms with E-state index in [0.29, 0.717) is 9.80 Å². The quantitative estimate of drug-likeness (QED) is 0.196. The number of amides is 4. The Morgan fingerprint density at radius 1 is 0.488 bits per heavy atom. The van der Waals surface area contributed by atoms with Crippen molar-refractivity contribution in [1.29, 1.82) is 0 Å². The van der Waals surface area contributed by atoms with Crippen molar-refractivity contribution >= 4 is 35.0 Å². The van der Waals surface area contributed by atoms with Crippen molar-refractivity contribution in [1.82, 2.24) is 9.80 Å². The molecule has 41 heavy (non-hydrogen) atoms. The molecule has 0 aromatic heterocycles. The third kappa shape index (κ3) is 3.34. The number of nitrogens with zero attached hydrogens (tertiary/aromatic N) is 4. The highest BCUT2D eigenvalue weighted by Gasteiger charge is 2.62. The maximum Gasteiger partial charge on any atom is 0.282 e. The minimum atomic E-state index is -2.33. The number of rotatable bonds is 6. The van der Waals surface area contributed by atoms with Gasteiger partial charge in [-0.3, -0.25) is 39.4 Å². The SMILES string of the molecule is O=C1c2cccc([N+](=O)[O-])c2C(=O)N1C(c1ccccc1)(c1ccccc1)N1C(=O)c2cccc([N+](=O)[O-])c2C1=O. The van der Waals surface area contributed by atoms with E-state index in [9.17, 15) is 39.4 Å². The van der Waals surface area contributed by atoms with Crippen LogP contribution in [-0.2, 0) is 5.66 Å². The van der Waals surface area contributed by atoms with Crippen molar-refractivity contribution in [3.8, 4) is 0 Å². The zero-order valence-electron chi connectivity index (χ0n) is 20.8. The third-order valence-electron chi connectivity index (χ3n) is 7.18. The van der Waals surface area contributed by atoms with Crippen LogP contribution in [0.2, 0.25) is 0 Å². The van der Waals surface area contributed by atoms with Gasteiger partial charge < -0.3 is 0 Å². The van der Waals surface area contributed by atoms with Crippen LogP contribution in [0, 0.1) is 20.2 Å². The monoisotopic (exact) mass is 548 g/mol. The highest BCUT2D eigenvalue weighted by atomic mass is 16.6. The van der Waals surface area contributed by atoms with Gasteiger partial charge in [-0.2, -0.15) is 0 Å². The van der Waals surface area contributed by atoms with Crippen molar-refractivity contribution in [3.63, 3.8) is 0 Å². The first kappa shape index (κ1) is 25.2. The highest BCUT2D eigenvalue weighted by Crippen LogP contribution is 2.49. The Balaban J connectivity index is 1.72. The summed E-state index contributed by atoms with van der Waals surface area (Å²) in [5.74, 6) is -4.22. The fourth-order valence-electron chi connectivity index (χ4n) is 5.55. The average Bonchev–Trinajstić information content (AvgIpc) is 3.40. The topological polar surface area (TPSA) is 161 Å². The van der Waals surface area contributed by atoms with Crippen LogP contribution in [0.1, 0.15) is 52.6 Å². The number of imide groups is 2. The summed E-state index contributed by atoms with van der Waals surface area (Å²) in [5.41, 5.74) is -4.94. The minimum Gasteiger partial charge on any atom is -0.268 e. The molecule has 0 saturated carbocycles. The zero-order valence-corrected chi connectivity index (χ0v) is 20.8. The molecule has 12 heteroatoms. The summed E-state index contributed by atoms with van der Waals surface area (Å²) >= 11 is 0. The van der Waals surface area contributed by atoms with E-state index in [2.05, 4.69) is 0 Å². The van der Waals surface area contributed by atoms with Gasteiger partial charge in [-0.1, -0.05) is 72.8 Å². The van der Waals surface area contributed by atoms with Crippen molar-refractivity contribution in [2.45, 2.75) is 5.66 Å². The number of hydrogen-bond donors (Lipinski definition) is 0. The number of nitro benzene ring substituents is 2. The van der Waals surface area contributed by atoms with E-state index in [1.54, 1.807) is 36.4 Å². The first-order valence-electron chi connectivity index (χ1n) is 12.1. The predicted molar refractivity (Wildman–Crippen MR) is 141 cm³/mol. The number of carbonyl (C=O) groups is 4. The third-order valence-corrected chi connectivity index (χ3v) is 7.18. The number of nitro groups is 2. The lowest BCUT2D eigenvalue weighted by Gasteiger charge is -2.46. The summed E-state index contributed by atoms with van der Waals surface area (Å²) in [6.07, 6.45) is 0. The normalized spacial score (nSPS) is 14.3. The number of hydrogen-bond acceptors (Lipinski definition) is 8. The molecule has 6 rings (SSSR count). The van der Waals surface area contributed by atoms with E-state index in [4.69, 9.17) is 0 Å². The van der Waals surface area contributed by atoms with E-state index in [1.165, 1.54) is 48.5 Å². The van der Waals surface area contributed by atoms with Gasteiger partial charge >= 0.3 is 0 Å². The molecule has 2 aliphatic heterocycles. The lowest BCUT2D eigenvalue weighted by Crippen LogP contribution is -2.62. The van der Waals surface area contributed by atoms with E-state index >= 15 is 0 Å². The van der Waals surface area contributed by atoms with Crippen LogP contribution in [0.4, 0.5) is 11.4 Å². The van der Waals surface area contributed by atoms with Crippen LogP contribution in [0.25, 0.3) is 0 Å². The van der Waals surface area contributed by atoms with Gasteiger partial charge in [0.05, 0.1) is 21.0 Å². The van der Waals surface area contributed by atoms with Crippen LogP contribution in [0.5, 0.6) is 0 Å². The Kier molecular flexibility index (Phi) is 5.55. The van der Waals surface area contributed by atoms with Gasteiger partial charge in [0.2, 0.25) is 0 Å². The van der Waals surface area contributed by atoms with E-state index in [-0.39, 0.29) is 22.3 Å². The first-order chi connectivity index (χ1) is 19.7. The average molecular weight is 548 g/mol. The molecule has 200 valence electrons. The Bertz CT molecular complexity index is 1700. The summed E-state index contributed by atoms with van der Waals surface area (Å²) in [6.45, 7) is 0. The molecule has 0 spiro atoms. The van der Waals surface area contributed by atoms with Gasteiger partial charge in [0.1, 0.15) is 11.1 Å². The molecule has 0 saturated heterocycles. The van der Waals surface area contributed by atoms with E-state index in [1.807, 2.05) is 0 Å². The van der Waals surface area contributed by atoms with Crippen LogP contribution in [0.15, 0.2) is 97.1 Å². The molecule has 0 atom stereocenters. The Morgan fingerprint density at radius 3 is 1.20 bits per heavy atom. The molecular formula is C29H16N4O8. The molecule has 2 heterocycles. The lowest BCUT2D eigenvalue weighted by atomic mass is 9.87. The maximum atomic E-state index is 14.2. The van der Waals surface area contributed by atoms with Crippen molar-refractivity contribution < 1.29 is 29.0 Å². The molecule has 12 nitrogen and oxygen atoms in total. The molecule has 4 aromatic rings. The van der Waals surface area contributed by atoms with Crippen LogP contribution < -0.4 is 0 Å².